The molecular formula is C14H13N5O2. The lowest BCUT2D eigenvalue weighted by Crippen LogP contribution is -2.11. The Morgan fingerprint density at radius 1 is 1.29 bits per heavy atom. The van der Waals surface area contributed by atoms with Gasteiger partial charge in [0.2, 0.25) is 5.82 Å². The number of methoxy groups -OCH3 is 1. The van der Waals surface area contributed by atoms with E-state index in [0.717, 1.165) is 5.56 Å². The fourth-order valence-corrected chi connectivity index (χ4v) is 1.93. The second kappa shape index (κ2) is 5.58. The Morgan fingerprint density at radius 3 is 2.86 bits per heavy atom. The molecule has 0 saturated heterocycles. The number of hydrogen-bond donors (Lipinski definition) is 2. The molecule has 2 aromatic heterocycles. The minimum atomic E-state index is -0.595. The number of aromatic amines is 1. The molecule has 3 rings (SSSR count). The van der Waals surface area contributed by atoms with Gasteiger partial charge in [0.05, 0.1) is 13.4 Å². The fraction of sp³-hybridized carbons (Fsp3) is 0.143. The molecule has 0 aliphatic carbocycles. The third-order valence-electron chi connectivity index (χ3n) is 2.96. The number of carbonyl (C=O) groups is 1. The van der Waals surface area contributed by atoms with Gasteiger partial charge in [-0.2, -0.15) is 0 Å². The maximum Gasteiger partial charge on any atom is 0.376 e. The van der Waals surface area contributed by atoms with Gasteiger partial charge in [-0.25, -0.2) is 19.7 Å². The molecule has 0 radical (unpaired) electrons. The average Bonchev–Trinajstić information content (AvgIpc) is 3.01. The van der Waals surface area contributed by atoms with E-state index in [4.69, 9.17) is 0 Å². The van der Waals surface area contributed by atoms with E-state index in [1.54, 1.807) is 0 Å². The summed E-state index contributed by atoms with van der Waals surface area (Å²) in [6.45, 7) is 0.576. The summed E-state index contributed by atoms with van der Waals surface area (Å²) in [4.78, 5) is 26.9. The van der Waals surface area contributed by atoms with Gasteiger partial charge in [-0.1, -0.05) is 30.3 Å². The zero-order chi connectivity index (χ0) is 14.7. The molecule has 2 heterocycles. The van der Waals surface area contributed by atoms with Gasteiger partial charge in [0.1, 0.15) is 5.52 Å². The van der Waals surface area contributed by atoms with E-state index in [1.807, 2.05) is 30.3 Å². The molecule has 0 atom stereocenters. The average molecular weight is 283 g/mol. The van der Waals surface area contributed by atoms with Crippen molar-refractivity contribution in [1.82, 2.24) is 19.9 Å². The number of aromatic nitrogens is 4. The van der Waals surface area contributed by atoms with Gasteiger partial charge in [0.25, 0.3) is 0 Å². The smallest absolute Gasteiger partial charge is 0.376 e. The van der Waals surface area contributed by atoms with Crippen molar-refractivity contribution in [2.75, 3.05) is 12.4 Å². The molecule has 2 N–H and O–H groups in total. The van der Waals surface area contributed by atoms with Crippen LogP contribution in [0.5, 0.6) is 0 Å². The monoisotopic (exact) mass is 283 g/mol. The minimum absolute atomic E-state index is 0.0207. The molecule has 0 saturated carbocycles. The van der Waals surface area contributed by atoms with Crippen LogP contribution in [0.25, 0.3) is 11.2 Å². The molecule has 3 aromatic rings. The van der Waals surface area contributed by atoms with E-state index in [0.29, 0.717) is 23.5 Å². The molecule has 0 aliphatic heterocycles. The number of hydrogen-bond acceptors (Lipinski definition) is 6. The Morgan fingerprint density at radius 2 is 2.10 bits per heavy atom. The van der Waals surface area contributed by atoms with E-state index in [9.17, 15) is 4.79 Å². The molecule has 0 amide bonds. The van der Waals surface area contributed by atoms with Crippen molar-refractivity contribution < 1.29 is 9.53 Å². The lowest BCUT2D eigenvalue weighted by atomic mass is 10.2. The third kappa shape index (κ3) is 2.66. The van der Waals surface area contributed by atoms with E-state index in [2.05, 4.69) is 30.0 Å². The number of rotatable bonds is 4. The summed E-state index contributed by atoms with van der Waals surface area (Å²) in [5.74, 6) is -0.0999. The second-order valence-electron chi connectivity index (χ2n) is 4.33. The quantitative estimate of drug-likeness (QED) is 0.709. The Bertz CT molecular complexity index is 769. The van der Waals surface area contributed by atoms with Gasteiger partial charge in [-0.3, -0.25) is 0 Å². The van der Waals surface area contributed by atoms with Gasteiger partial charge < -0.3 is 15.0 Å². The largest absolute Gasteiger partial charge is 0.463 e. The predicted octanol–water partition coefficient (Wildman–Crippen LogP) is 1.75. The zero-order valence-corrected chi connectivity index (χ0v) is 11.3. The Balaban J connectivity index is 1.92. The van der Waals surface area contributed by atoms with E-state index in [1.165, 1.54) is 13.4 Å². The van der Waals surface area contributed by atoms with Gasteiger partial charge in [-0.05, 0) is 5.56 Å². The van der Waals surface area contributed by atoms with Crippen molar-refractivity contribution in [3.05, 3.63) is 48.0 Å². The molecule has 106 valence electrons. The molecule has 21 heavy (non-hydrogen) atoms. The number of carbonyl (C=O) groups excluding carboxylic acids is 1. The van der Waals surface area contributed by atoms with Gasteiger partial charge in [-0.15, -0.1) is 0 Å². The first kappa shape index (κ1) is 13.0. The number of H-pyrrole nitrogens is 1. The first-order valence-electron chi connectivity index (χ1n) is 6.35. The number of esters is 1. The number of benzene rings is 1. The minimum Gasteiger partial charge on any atom is -0.463 e. The highest BCUT2D eigenvalue weighted by Gasteiger charge is 2.15. The topological polar surface area (TPSA) is 92.8 Å². The lowest BCUT2D eigenvalue weighted by molar-refractivity contribution is 0.0587. The number of nitrogens with one attached hydrogen (secondary N) is 2. The van der Waals surface area contributed by atoms with Gasteiger partial charge in [0, 0.05) is 6.54 Å². The highest BCUT2D eigenvalue weighted by atomic mass is 16.5. The van der Waals surface area contributed by atoms with E-state index < -0.39 is 5.97 Å². The Hall–Kier alpha value is -2.96. The first-order chi connectivity index (χ1) is 10.3. The maximum absolute atomic E-state index is 11.6. The molecule has 0 fully saturated rings. The van der Waals surface area contributed by atoms with Crippen molar-refractivity contribution in [2.45, 2.75) is 6.54 Å². The summed E-state index contributed by atoms with van der Waals surface area (Å²) >= 11 is 0. The summed E-state index contributed by atoms with van der Waals surface area (Å²) in [6.07, 6.45) is 1.51. The van der Waals surface area contributed by atoms with Crippen LogP contribution >= 0.6 is 0 Å². The highest BCUT2D eigenvalue weighted by molar-refractivity contribution is 5.90. The molecular weight excluding hydrogens is 270 g/mol. The number of fused-ring (bicyclic) bond motifs is 1. The summed E-state index contributed by atoms with van der Waals surface area (Å²) in [5, 5.41) is 3.18. The maximum atomic E-state index is 11.6. The number of nitrogens with zero attached hydrogens (tertiary/aromatic N) is 3. The van der Waals surface area contributed by atoms with Crippen LogP contribution in [-0.4, -0.2) is 33.0 Å². The zero-order valence-electron chi connectivity index (χ0n) is 11.3. The first-order valence-corrected chi connectivity index (χ1v) is 6.35. The molecule has 0 aliphatic rings. The second-order valence-corrected chi connectivity index (χ2v) is 4.33. The van der Waals surface area contributed by atoms with Crippen LogP contribution in [0, 0.1) is 0 Å². The summed E-state index contributed by atoms with van der Waals surface area (Å²) in [6, 6.07) is 9.88. The van der Waals surface area contributed by atoms with Crippen molar-refractivity contribution in [3.63, 3.8) is 0 Å². The standard InChI is InChI=1S/C14H13N5O2/c1-21-14(20)13-18-11(10-12(19-13)17-8-16-10)15-7-9-5-3-2-4-6-9/h2-6,8H,7H2,1H3,(H2,15,16,17,18,19). The van der Waals surface area contributed by atoms with Gasteiger partial charge in [0.15, 0.2) is 11.5 Å². The van der Waals surface area contributed by atoms with Crippen LogP contribution in [0.1, 0.15) is 16.2 Å². The number of imidazole rings is 1. The van der Waals surface area contributed by atoms with Crippen LogP contribution in [-0.2, 0) is 11.3 Å². The van der Waals surface area contributed by atoms with Gasteiger partial charge >= 0.3 is 5.97 Å². The van der Waals surface area contributed by atoms with E-state index in [-0.39, 0.29) is 5.82 Å². The summed E-state index contributed by atoms with van der Waals surface area (Å²) in [5.41, 5.74) is 2.17. The van der Waals surface area contributed by atoms with Crippen LogP contribution in [0.3, 0.4) is 0 Å². The normalized spacial score (nSPS) is 10.5. The van der Waals surface area contributed by atoms with Crippen LogP contribution in [0.4, 0.5) is 5.82 Å². The highest BCUT2D eigenvalue weighted by Crippen LogP contribution is 2.17. The fourth-order valence-electron chi connectivity index (χ4n) is 1.93. The molecule has 0 bridgehead atoms. The van der Waals surface area contributed by atoms with Crippen molar-refractivity contribution >= 4 is 23.0 Å². The molecule has 7 nitrogen and oxygen atoms in total. The van der Waals surface area contributed by atoms with Crippen molar-refractivity contribution in [2.24, 2.45) is 0 Å². The summed E-state index contributed by atoms with van der Waals surface area (Å²) < 4.78 is 4.65. The predicted molar refractivity (Wildman–Crippen MR) is 76.8 cm³/mol. The SMILES string of the molecule is COC(=O)c1nc(NCc2ccccc2)c2[nH]cnc2n1. The van der Waals surface area contributed by atoms with Crippen LogP contribution in [0.15, 0.2) is 36.7 Å². The molecule has 1 aromatic carbocycles. The molecule has 0 unspecified atom stereocenters. The van der Waals surface area contributed by atoms with Crippen molar-refractivity contribution in [1.29, 1.82) is 0 Å². The van der Waals surface area contributed by atoms with Crippen molar-refractivity contribution in [3.8, 4) is 0 Å². The molecule has 0 spiro atoms. The Kier molecular flexibility index (Phi) is 3.46. The number of anilines is 1. The van der Waals surface area contributed by atoms with Crippen LogP contribution in [0.2, 0.25) is 0 Å². The lowest BCUT2D eigenvalue weighted by Gasteiger charge is -2.07. The summed E-state index contributed by atoms with van der Waals surface area (Å²) in [7, 11) is 1.29. The van der Waals surface area contributed by atoms with E-state index >= 15 is 0 Å². The van der Waals surface area contributed by atoms with Crippen LogP contribution < -0.4 is 5.32 Å². The number of ether oxygens (including phenoxy) is 1. The third-order valence-corrected chi connectivity index (χ3v) is 2.96. The molecule has 7 heteroatoms. The Labute approximate surface area is 120 Å².